The molecular formula is C23H23NO3. The van der Waals surface area contributed by atoms with Crippen LogP contribution >= 0.6 is 0 Å². The van der Waals surface area contributed by atoms with Crippen LogP contribution in [-0.4, -0.2) is 26.2 Å². The van der Waals surface area contributed by atoms with Crippen LogP contribution in [0.5, 0.6) is 5.75 Å². The van der Waals surface area contributed by atoms with E-state index in [-0.39, 0.29) is 5.97 Å². The fraction of sp³-hybridized carbons (Fsp3) is 0.261. The Morgan fingerprint density at radius 1 is 0.926 bits per heavy atom. The Kier molecular flexibility index (Phi) is 4.82. The zero-order chi connectivity index (χ0) is 18.7. The van der Waals surface area contributed by atoms with Gasteiger partial charge in [-0.1, -0.05) is 60.7 Å². The molecule has 1 fully saturated rings. The summed E-state index contributed by atoms with van der Waals surface area (Å²) in [6.07, 6.45) is 1.49. The maximum Gasteiger partial charge on any atom is 0.343 e. The van der Waals surface area contributed by atoms with Crippen LogP contribution in [0.1, 0.15) is 28.8 Å². The number of carbonyl (C=O) groups excluding carboxylic acids is 1. The fourth-order valence-electron chi connectivity index (χ4n) is 3.88. The number of hydrogen-bond acceptors (Lipinski definition) is 4. The highest BCUT2D eigenvalue weighted by atomic mass is 16.6. The molecule has 0 unspecified atom stereocenters. The van der Waals surface area contributed by atoms with Gasteiger partial charge in [0.25, 0.3) is 0 Å². The molecule has 0 aliphatic carbocycles. The van der Waals surface area contributed by atoms with Gasteiger partial charge >= 0.3 is 5.97 Å². The summed E-state index contributed by atoms with van der Waals surface area (Å²) in [6.45, 7) is 1.63. The molecule has 4 nitrogen and oxygen atoms in total. The molecule has 27 heavy (non-hydrogen) atoms. The third kappa shape index (κ3) is 3.28. The first kappa shape index (κ1) is 17.6. The highest BCUT2D eigenvalue weighted by Crippen LogP contribution is 2.38. The largest absolute Gasteiger partial charge is 0.496 e. The van der Waals surface area contributed by atoms with E-state index in [1.165, 1.54) is 0 Å². The quantitative estimate of drug-likeness (QED) is 0.705. The van der Waals surface area contributed by atoms with Crippen LogP contribution in [0, 0.1) is 0 Å². The van der Waals surface area contributed by atoms with Gasteiger partial charge in [-0.25, -0.2) is 4.79 Å². The van der Waals surface area contributed by atoms with Gasteiger partial charge < -0.3 is 14.8 Å². The maximum absolute atomic E-state index is 13.4. The summed E-state index contributed by atoms with van der Waals surface area (Å²) in [6, 6.07) is 21.6. The molecular weight excluding hydrogens is 338 g/mol. The van der Waals surface area contributed by atoms with Crippen molar-refractivity contribution in [3.05, 3.63) is 77.9 Å². The van der Waals surface area contributed by atoms with Crippen LogP contribution in [0.2, 0.25) is 0 Å². The van der Waals surface area contributed by atoms with Gasteiger partial charge in [0.15, 0.2) is 0 Å². The zero-order valence-electron chi connectivity index (χ0n) is 15.4. The minimum atomic E-state index is -0.619. The molecule has 4 rings (SSSR count). The van der Waals surface area contributed by atoms with Crippen molar-refractivity contribution < 1.29 is 14.3 Å². The van der Waals surface area contributed by atoms with Crippen LogP contribution in [0.4, 0.5) is 0 Å². The normalized spacial score (nSPS) is 16.0. The first-order valence-corrected chi connectivity index (χ1v) is 9.29. The fourth-order valence-corrected chi connectivity index (χ4v) is 3.88. The standard InChI is InChI=1S/C23H23NO3/c1-26-20-12-11-17-7-5-6-10-19(17)21(20)22(25)27-23(13-15-24-16-14-23)18-8-3-2-4-9-18/h2-12,24H,13-16H2,1H3. The number of esters is 1. The van der Waals surface area contributed by atoms with E-state index in [4.69, 9.17) is 9.47 Å². The van der Waals surface area contributed by atoms with Gasteiger partial charge in [-0.3, -0.25) is 0 Å². The van der Waals surface area contributed by atoms with E-state index in [0.29, 0.717) is 11.3 Å². The molecule has 1 heterocycles. The van der Waals surface area contributed by atoms with Crippen molar-refractivity contribution in [2.45, 2.75) is 18.4 Å². The van der Waals surface area contributed by atoms with E-state index < -0.39 is 5.60 Å². The first-order valence-electron chi connectivity index (χ1n) is 9.29. The minimum absolute atomic E-state index is 0.339. The molecule has 0 spiro atoms. The highest BCUT2D eigenvalue weighted by molar-refractivity contribution is 6.07. The monoisotopic (exact) mass is 361 g/mol. The highest BCUT2D eigenvalue weighted by Gasteiger charge is 2.38. The minimum Gasteiger partial charge on any atom is -0.496 e. The molecule has 3 aromatic carbocycles. The molecule has 0 atom stereocenters. The molecule has 0 bridgehead atoms. The van der Waals surface area contributed by atoms with E-state index in [9.17, 15) is 4.79 Å². The van der Waals surface area contributed by atoms with Crippen LogP contribution in [0.3, 0.4) is 0 Å². The second-order valence-corrected chi connectivity index (χ2v) is 6.86. The van der Waals surface area contributed by atoms with Crippen molar-refractivity contribution in [1.82, 2.24) is 5.32 Å². The van der Waals surface area contributed by atoms with Gasteiger partial charge in [-0.15, -0.1) is 0 Å². The van der Waals surface area contributed by atoms with Crippen LogP contribution < -0.4 is 10.1 Å². The average molecular weight is 361 g/mol. The lowest BCUT2D eigenvalue weighted by atomic mass is 9.84. The molecule has 1 aliphatic heterocycles. The predicted octanol–water partition coefficient (Wildman–Crippen LogP) is 4.28. The Balaban J connectivity index is 1.77. The van der Waals surface area contributed by atoms with Gasteiger partial charge in [0.1, 0.15) is 16.9 Å². The smallest absolute Gasteiger partial charge is 0.343 e. The third-order valence-electron chi connectivity index (χ3n) is 5.31. The van der Waals surface area contributed by atoms with Gasteiger partial charge in [0.2, 0.25) is 0 Å². The number of rotatable bonds is 4. The first-order chi connectivity index (χ1) is 13.2. The molecule has 1 N–H and O–H groups in total. The molecule has 0 radical (unpaired) electrons. The lowest BCUT2D eigenvalue weighted by Gasteiger charge is -2.37. The van der Waals surface area contributed by atoms with E-state index in [0.717, 1.165) is 42.3 Å². The third-order valence-corrected chi connectivity index (χ3v) is 5.31. The Bertz CT molecular complexity index is 946. The molecule has 0 aromatic heterocycles. The molecule has 1 saturated heterocycles. The Hall–Kier alpha value is -2.85. The topological polar surface area (TPSA) is 47.6 Å². The summed E-state index contributed by atoms with van der Waals surface area (Å²) >= 11 is 0. The summed E-state index contributed by atoms with van der Waals surface area (Å²) in [4.78, 5) is 13.4. The molecule has 138 valence electrons. The Morgan fingerprint density at radius 2 is 1.63 bits per heavy atom. The number of carbonyl (C=O) groups is 1. The number of fused-ring (bicyclic) bond motifs is 1. The number of hydrogen-bond donors (Lipinski definition) is 1. The molecule has 3 aromatic rings. The van der Waals surface area contributed by atoms with Crippen molar-refractivity contribution in [3.8, 4) is 5.75 Å². The number of benzene rings is 3. The summed E-state index contributed by atoms with van der Waals surface area (Å²) in [5.74, 6) is 0.199. The number of nitrogens with one attached hydrogen (secondary N) is 1. The van der Waals surface area contributed by atoms with Crippen LogP contribution in [0.25, 0.3) is 10.8 Å². The summed E-state index contributed by atoms with van der Waals surface area (Å²) in [5, 5.41) is 5.19. The second kappa shape index (κ2) is 7.41. The van der Waals surface area contributed by atoms with Gasteiger partial charge in [0, 0.05) is 12.8 Å². The molecule has 4 heteroatoms. The van der Waals surface area contributed by atoms with E-state index >= 15 is 0 Å². The summed E-state index contributed by atoms with van der Waals surface area (Å²) in [5.41, 5.74) is 0.912. The van der Waals surface area contributed by atoms with Gasteiger partial charge in [-0.05, 0) is 35.5 Å². The van der Waals surface area contributed by atoms with Crippen molar-refractivity contribution in [2.75, 3.05) is 20.2 Å². The van der Waals surface area contributed by atoms with E-state index in [1.807, 2.05) is 66.7 Å². The Morgan fingerprint density at radius 3 is 2.37 bits per heavy atom. The predicted molar refractivity (Wildman–Crippen MR) is 106 cm³/mol. The van der Waals surface area contributed by atoms with Crippen molar-refractivity contribution in [3.63, 3.8) is 0 Å². The Labute approximate surface area is 159 Å². The molecule has 1 aliphatic rings. The van der Waals surface area contributed by atoms with E-state index in [1.54, 1.807) is 7.11 Å². The summed E-state index contributed by atoms with van der Waals surface area (Å²) < 4.78 is 11.7. The maximum atomic E-state index is 13.4. The van der Waals surface area contributed by atoms with Gasteiger partial charge in [-0.2, -0.15) is 0 Å². The number of ether oxygens (including phenoxy) is 2. The van der Waals surface area contributed by atoms with Crippen molar-refractivity contribution in [1.29, 1.82) is 0 Å². The lowest BCUT2D eigenvalue weighted by molar-refractivity contribution is -0.0378. The lowest BCUT2D eigenvalue weighted by Crippen LogP contribution is -2.43. The van der Waals surface area contributed by atoms with Crippen LogP contribution in [0.15, 0.2) is 66.7 Å². The number of methoxy groups -OCH3 is 1. The van der Waals surface area contributed by atoms with Crippen LogP contribution in [-0.2, 0) is 10.3 Å². The second-order valence-electron chi connectivity index (χ2n) is 6.86. The summed E-state index contributed by atoms with van der Waals surface area (Å²) in [7, 11) is 1.58. The average Bonchev–Trinajstić information content (AvgIpc) is 2.74. The van der Waals surface area contributed by atoms with Crippen molar-refractivity contribution in [2.24, 2.45) is 0 Å². The molecule has 0 saturated carbocycles. The van der Waals surface area contributed by atoms with Crippen molar-refractivity contribution >= 4 is 16.7 Å². The van der Waals surface area contributed by atoms with Gasteiger partial charge in [0.05, 0.1) is 7.11 Å². The number of piperidine rings is 1. The van der Waals surface area contributed by atoms with E-state index in [2.05, 4.69) is 5.32 Å². The zero-order valence-corrected chi connectivity index (χ0v) is 15.4. The SMILES string of the molecule is COc1ccc2ccccc2c1C(=O)OC1(c2ccccc2)CCNCC1. The molecule has 0 amide bonds.